The number of carbonyl (C=O) groups is 1. The lowest BCUT2D eigenvalue weighted by molar-refractivity contribution is -0.132. The van der Waals surface area contributed by atoms with Crippen LogP contribution in [0.3, 0.4) is 0 Å². The van der Waals surface area contributed by atoms with Crippen molar-refractivity contribution < 1.29 is 4.79 Å². The smallest absolute Gasteiger partial charge is 0.230 e. The van der Waals surface area contributed by atoms with E-state index < -0.39 is 0 Å². The number of likely N-dealkylation sites (tertiary alicyclic amines) is 1. The van der Waals surface area contributed by atoms with Crippen molar-refractivity contribution in [2.45, 2.75) is 32.6 Å². The third-order valence-corrected chi connectivity index (χ3v) is 4.11. The Balaban J connectivity index is 2.22. The summed E-state index contributed by atoms with van der Waals surface area (Å²) < 4.78 is 1.06. The third kappa shape index (κ3) is 2.94. The molecule has 18 heavy (non-hydrogen) atoms. The zero-order valence-corrected chi connectivity index (χ0v) is 12.6. The molecule has 1 aliphatic rings. The molecule has 2 nitrogen and oxygen atoms in total. The van der Waals surface area contributed by atoms with Gasteiger partial charge in [-0.3, -0.25) is 4.79 Å². The van der Waals surface area contributed by atoms with Gasteiger partial charge in [-0.1, -0.05) is 41.9 Å². The van der Waals surface area contributed by atoms with Crippen molar-refractivity contribution in [3.8, 4) is 0 Å². The summed E-state index contributed by atoms with van der Waals surface area (Å²) in [5, 5.41) is 0. The zero-order chi connectivity index (χ0) is 13.1. The Morgan fingerprint density at radius 3 is 2.22 bits per heavy atom. The van der Waals surface area contributed by atoms with Crippen molar-refractivity contribution in [1.29, 1.82) is 0 Å². The highest BCUT2D eigenvalue weighted by Gasteiger charge is 2.29. The summed E-state index contributed by atoms with van der Waals surface area (Å²) in [6.07, 6.45) is 2.30. The van der Waals surface area contributed by atoms with Crippen molar-refractivity contribution in [3.05, 3.63) is 34.3 Å². The Kier molecular flexibility index (Phi) is 4.44. The lowest BCUT2D eigenvalue weighted by Crippen LogP contribution is -2.34. The number of halogens is 1. The maximum absolute atomic E-state index is 12.6. The number of hydrogen-bond donors (Lipinski definition) is 0. The summed E-state index contributed by atoms with van der Waals surface area (Å²) in [6.45, 7) is 6.11. The summed E-state index contributed by atoms with van der Waals surface area (Å²) in [7, 11) is 0. The van der Waals surface area contributed by atoms with E-state index in [1.807, 2.05) is 17.0 Å². The van der Waals surface area contributed by atoms with Gasteiger partial charge in [0.05, 0.1) is 5.92 Å². The second-order valence-corrected chi connectivity index (χ2v) is 6.22. The normalized spacial score (nSPS) is 17.2. The Morgan fingerprint density at radius 2 is 1.72 bits per heavy atom. The van der Waals surface area contributed by atoms with Crippen LogP contribution in [0.15, 0.2) is 28.7 Å². The maximum Gasteiger partial charge on any atom is 0.230 e. The first-order chi connectivity index (χ1) is 8.59. The van der Waals surface area contributed by atoms with Crippen LogP contribution in [0.25, 0.3) is 0 Å². The third-order valence-electron chi connectivity index (χ3n) is 3.58. The molecule has 1 heterocycles. The average Bonchev–Trinajstić information content (AvgIpc) is 2.85. The van der Waals surface area contributed by atoms with Gasteiger partial charge in [0.25, 0.3) is 0 Å². The second-order valence-electron chi connectivity index (χ2n) is 5.31. The van der Waals surface area contributed by atoms with Gasteiger partial charge >= 0.3 is 0 Å². The molecule has 0 bridgehead atoms. The van der Waals surface area contributed by atoms with E-state index in [1.165, 1.54) is 0 Å². The molecule has 1 atom stereocenters. The van der Waals surface area contributed by atoms with Gasteiger partial charge < -0.3 is 4.90 Å². The van der Waals surface area contributed by atoms with Crippen molar-refractivity contribution in [1.82, 2.24) is 4.90 Å². The molecule has 0 aliphatic carbocycles. The van der Waals surface area contributed by atoms with E-state index in [-0.39, 0.29) is 5.92 Å². The highest BCUT2D eigenvalue weighted by atomic mass is 79.9. The molecule has 0 radical (unpaired) electrons. The van der Waals surface area contributed by atoms with Crippen LogP contribution >= 0.6 is 15.9 Å². The molecule has 1 saturated heterocycles. The first-order valence-electron chi connectivity index (χ1n) is 6.64. The summed E-state index contributed by atoms with van der Waals surface area (Å²) in [5.74, 6) is 0.625. The molecule has 0 aromatic heterocycles. The predicted molar refractivity (Wildman–Crippen MR) is 77.5 cm³/mol. The molecule has 1 fully saturated rings. The Bertz CT molecular complexity index is 407. The number of benzene rings is 1. The van der Waals surface area contributed by atoms with Gasteiger partial charge in [-0.25, -0.2) is 0 Å². The minimum absolute atomic E-state index is 0.00352. The van der Waals surface area contributed by atoms with Gasteiger partial charge in [0.2, 0.25) is 5.91 Å². The zero-order valence-electron chi connectivity index (χ0n) is 11.0. The van der Waals surface area contributed by atoms with Crippen LogP contribution in [0.5, 0.6) is 0 Å². The maximum atomic E-state index is 12.6. The van der Waals surface area contributed by atoms with Crippen LogP contribution in [0.1, 0.15) is 38.2 Å². The molecule has 3 heteroatoms. The molecule has 0 N–H and O–H groups in total. The monoisotopic (exact) mass is 309 g/mol. The Morgan fingerprint density at radius 1 is 1.17 bits per heavy atom. The van der Waals surface area contributed by atoms with Crippen LogP contribution in [0, 0.1) is 5.92 Å². The first kappa shape index (κ1) is 13.6. The molecule has 1 amide bonds. The molecule has 2 rings (SSSR count). The fourth-order valence-electron chi connectivity index (χ4n) is 2.62. The van der Waals surface area contributed by atoms with Crippen molar-refractivity contribution in [3.63, 3.8) is 0 Å². The highest BCUT2D eigenvalue weighted by Crippen LogP contribution is 2.29. The van der Waals surface area contributed by atoms with E-state index in [1.54, 1.807) is 0 Å². The van der Waals surface area contributed by atoms with E-state index in [4.69, 9.17) is 0 Å². The molecular weight excluding hydrogens is 290 g/mol. The minimum atomic E-state index is -0.00352. The quantitative estimate of drug-likeness (QED) is 0.831. The van der Waals surface area contributed by atoms with Crippen molar-refractivity contribution in [2.75, 3.05) is 13.1 Å². The highest BCUT2D eigenvalue weighted by molar-refractivity contribution is 9.10. The van der Waals surface area contributed by atoms with Gasteiger partial charge in [-0.2, -0.15) is 0 Å². The summed E-state index contributed by atoms with van der Waals surface area (Å²) in [5.41, 5.74) is 1.13. The number of amides is 1. The fraction of sp³-hybridized carbons (Fsp3) is 0.533. The molecule has 1 unspecified atom stereocenters. The largest absolute Gasteiger partial charge is 0.342 e. The molecule has 98 valence electrons. The average molecular weight is 310 g/mol. The molecule has 1 aromatic rings. The molecule has 1 aliphatic heterocycles. The summed E-state index contributed by atoms with van der Waals surface area (Å²) in [6, 6.07) is 8.15. The SMILES string of the molecule is CC(C)C(C(=O)N1CCCC1)c1ccc(Br)cc1. The summed E-state index contributed by atoms with van der Waals surface area (Å²) in [4.78, 5) is 14.6. The minimum Gasteiger partial charge on any atom is -0.342 e. The van der Waals surface area contributed by atoms with Crippen LogP contribution < -0.4 is 0 Å². The second kappa shape index (κ2) is 5.87. The van der Waals surface area contributed by atoms with E-state index in [0.29, 0.717) is 11.8 Å². The standard InChI is InChI=1S/C15H20BrNO/c1-11(2)14(12-5-7-13(16)8-6-12)15(18)17-9-3-4-10-17/h5-8,11,14H,3-4,9-10H2,1-2H3. The van der Waals surface area contributed by atoms with E-state index in [0.717, 1.165) is 36.0 Å². The van der Waals surface area contributed by atoms with Gasteiger partial charge in [0.15, 0.2) is 0 Å². The lowest BCUT2D eigenvalue weighted by Gasteiger charge is -2.26. The topological polar surface area (TPSA) is 20.3 Å². The summed E-state index contributed by atoms with van der Waals surface area (Å²) >= 11 is 3.44. The Hall–Kier alpha value is -0.830. The fourth-order valence-corrected chi connectivity index (χ4v) is 2.88. The predicted octanol–water partition coefficient (Wildman–Crippen LogP) is 3.81. The van der Waals surface area contributed by atoms with Gasteiger partial charge in [0, 0.05) is 17.6 Å². The van der Waals surface area contributed by atoms with Crippen LogP contribution in [-0.2, 0) is 4.79 Å². The van der Waals surface area contributed by atoms with Crippen LogP contribution in [-0.4, -0.2) is 23.9 Å². The van der Waals surface area contributed by atoms with Crippen molar-refractivity contribution >= 4 is 21.8 Å². The van der Waals surface area contributed by atoms with Crippen molar-refractivity contribution in [2.24, 2.45) is 5.92 Å². The van der Waals surface area contributed by atoms with Gasteiger partial charge in [0.1, 0.15) is 0 Å². The Labute approximate surface area is 117 Å². The van der Waals surface area contributed by atoms with E-state index in [2.05, 4.69) is 41.9 Å². The molecule has 0 saturated carbocycles. The number of hydrogen-bond acceptors (Lipinski definition) is 1. The number of rotatable bonds is 3. The molecule has 0 spiro atoms. The van der Waals surface area contributed by atoms with Gasteiger partial charge in [-0.05, 0) is 36.5 Å². The first-order valence-corrected chi connectivity index (χ1v) is 7.43. The van der Waals surface area contributed by atoms with E-state index in [9.17, 15) is 4.79 Å². The van der Waals surface area contributed by atoms with Gasteiger partial charge in [-0.15, -0.1) is 0 Å². The van der Waals surface area contributed by atoms with Crippen LogP contribution in [0.2, 0.25) is 0 Å². The van der Waals surface area contributed by atoms with E-state index >= 15 is 0 Å². The van der Waals surface area contributed by atoms with Crippen LogP contribution in [0.4, 0.5) is 0 Å². The number of carbonyl (C=O) groups excluding carboxylic acids is 1. The molecular formula is C15H20BrNO. The lowest BCUT2D eigenvalue weighted by atomic mass is 9.87. The number of nitrogens with zero attached hydrogens (tertiary/aromatic N) is 1. The molecule has 1 aromatic carbocycles.